The Morgan fingerprint density at radius 2 is 1.78 bits per heavy atom. The van der Waals surface area contributed by atoms with Crippen LogP contribution in [0.1, 0.15) is 54.1 Å². The molecule has 3 aromatic rings. The van der Waals surface area contributed by atoms with Gasteiger partial charge in [-0.15, -0.1) is 11.3 Å². The molecule has 1 aliphatic rings. The van der Waals surface area contributed by atoms with Crippen LogP contribution < -0.4 is 19.7 Å². The smallest absolute Gasteiger partial charge is 0.248 e. The van der Waals surface area contributed by atoms with Gasteiger partial charge in [-0.1, -0.05) is 43.5 Å². The van der Waals surface area contributed by atoms with Gasteiger partial charge in [0, 0.05) is 16.6 Å². The summed E-state index contributed by atoms with van der Waals surface area (Å²) in [7, 11) is 3.15. The molecular formula is C29H34N2O4S. The molecule has 0 aliphatic heterocycles. The third-order valence-corrected chi connectivity index (χ3v) is 7.51. The highest BCUT2D eigenvalue weighted by atomic mass is 32.1. The summed E-state index contributed by atoms with van der Waals surface area (Å²) in [6.07, 6.45) is 5.53. The van der Waals surface area contributed by atoms with Crippen LogP contribution in [0.2, 0.25) is 0 Å². The summed E-state index contributed by atoms with van der Waals surface area (Å²) < 4.78 is 11.0. The van der Waals surface area contributed by atoms with E-state index in [0.29, 0.717) is 22.7 Å². The molecule has 0 saturated heterocycles. The first-order chi connectivity index (χ1) is 17.5. The average Bonchev–Trinajstić information content (AvgIpc) is 3.40. The maximum Gasteiger partial charge on any atom is 0.248 e. The summed E-state index contributed by atoms with van der Waals surface area (Å²) >= 11 is 1.54. The minimum atomic E-state index is -0.860. The van der Waals surface area contributed by atoms with Gasteiger partial charge >= 0.3 is 0 Å². The lowest BCUT2D eigenvalue weighted by atomic mass is 9.94. The first-order valence-electron chi connectivity index (χ1n) is 12.4. The van der Waals surface area contributed by atoms with E-state index in [1.807, 2.05) is 54.8 Å². The number of carbonyl (C=O) groups is 2. The molecule has 2 aromatic carbocycles. The zero-order valence-electron chi connectivity index (χ0n) is 21.2. The van der Waals surface area contributed by atoms with Crippen molar-refractivity contribution in [1.82, 2.24) is 5.32 Å². The van der Waals surface area contributed by atoms with Gasteiger partial charge in [-0.05, 0) is 66.6 Å². The number of ether oxygens (including phenoxy) is 2. The standard InChI is InChI=1S/C29H34N2O4S/c1-20-9-7-12-23(17-20)31(27(32)19-24-13-8-16-36-24)28(29(33)30-22-10-5-4-6-11-22)21-14-15-25(34-2)26(18-21)35-3/h7-9,12-18,22,28H,4-6,10-11,19H2,1-3H3,(H,30,33). The molecule has 1 heterocycles. The van der Waals surface area contributed by atoms with Crippen LogP contribution in [-0.2, 0) is 16.0 Å². The maximum absolute atomic E-state index is 14.0. The van der Waals surface area contributed by atoms with E-state index in [0.717, 1.165) is 36.1 Å². The minimum absolute atomic E-state index is 0.112. The van der Waals surface area contributed by atoms with Crippen LogP contribution in [0.5, 0.6) is 11.5 Å². The van der Waals surface area contributed by atoms with Gasteiger partial charge in [0.1, 0.15) is 6.04 Å². The molecule has 6 nitrogen and oxygen atoms in total. The number of hydrogen-bond donors (Lipinski definition) is 1. The molecule has 1 N–H and O–H groups in total. The lowest BCUT2D eigenvalue weighted by Crippen LogP contribution is -2.47. The van der Waals surface area contributed by atoms with Crippen LogP contribution in [0, 0.1) is 6.92 Å². The average molecular weight is 507 g/mol. The number of hydrogen-bond acceptors (Lipinski definition) is 5. The summed E-state index contributed by atoms with van der Waals surface area (Å²) in [6.45, 7) is 1.99. The molecule has 190 valence electrons. The van der Waals surface area contributed by atoms with Crippen molar-refractivity contribution in [3.05, 3.63) is 76.0 Å². The Hall–Kier alpha value is -3.32. The van der Waals surface area contributed by atoms with E-state index < -0.39 is 6.04 Å². The highest BCUT2D eigenvalue weighted by Crippen LogP contribution is 2.35. The Labute approximate surface area is 217 Å². The third-order valence-electron chi connectivity index (χ3n) is 6.64. The summed E-state index contributed by atoms with van der Waals surface area (Å²) in [5.41, 5.74) is 2.37. The second-order valence-corrected chi connectivity index (χ2v) is 10.3. The van der Waals surface area contributed by atoms with Gasteiger partial charge in [-0.3, -0.25) is 14.5 Å². The molecule has 0 spiro atoms. The molecule has 1 aromatic heterocycles. The van der Waals surface area contributed by atoms with E-state index in [4.69, 9.17) is 9.47 Å². The molecule has 2 amide bonds. The Morgan fingerprint density at radius 1 is 1.00 bits per heavy atom. The van der Waals surface area contributed by atoms with Crippen molar-refractivity contribution in [3.63, 3.8) is 0 Å². The van der Waals surface area contributed by atoms with Crippen LogP contribution in [0.15, 0.2) is 60.0 Å². The summed E-state index contributed by atoms with van der Waals surface area (Å²) in [6, 6.07) is 16.3. The molecule has 0 bridgehead atoms. The fourth-order valence-corrected chi connectivity index (χ4v) is 5.53. The summed E-state index contributed by atoms with van der Waals surface area (Å²) in [4.78, 5) is 30.5. The van der Waals surface area contributed by atoms with Crippen molar-refractivity contribution in [2.24, 2.45) is 0 Å². The van der Waals surface area contributed by atoms with E-state index in [1.54, 1.807) is 31.3 Å². The van der Waals surface area contributed by atoms with E-state index in [2.05, 4.69) is 5.32 Å². The second kappa shape index (κ2) is 12.1. The van der Waals surface area contributed by atoms with E-state index >= 15 is 0 Å². The number of anilines is 1. The van der Waals surface area contributed by atoms with Gasteiger partial charge in [0.05, 0.1) is 20.6 Å². The quantitative estimate of drug-likeness (QED) is 0.396. The van der Waals surface area contributed by atoms with Crippen molar-refractivity contribution in [2.75, 3.05) is 19.1 Å². The predicted octanol–water partition coefficient (Wildman–Crippen LogP) is 5.84. The van der Waals surface area contributed by atoms with Crippen LogP contribution in [0.25, 0.3) is 0 Å². The van der Waals surface area contributed by atoms with Crippen molar-refractivity contribution >= 4 is 28.8 Å². The van der Waals surface area contributed by atoms with E-state index in [-0.39, 0.29) is 24.3 Å². The van der Waals surface area contributed by atoms with Crippen molar-refractivity contribution < 1.29 is 19.1 Å². The molecule has 36 heavy (non-hydrogen) atoms. The maximum atomic E-state index is 14.0. The number of aryl methyl sites for hydroxylation is 1. The largest absolute Gasteiger partial charge is 0.493 e. The van der Waals surface area contributed by atoms with Crippen LogP contribution in [-0.4, -0.2) is 32.1 Å². The lowest BCUT2D eigenvalue weighted by Gasteiger charge is -2.34. The normalized spacial score (nSPS) is 14.6. The first kappa shape index (κ1) is 25.8. The fraction of sp³-hybridized carbons (Fsp3) is 0.379. The van der Waals surface area contributed by atoms with Gasteiger partial charge in [0.2, 0.25) is 11.8 Å². The second-order valence-electron chi connectivity index (χ2n) is 9.22. The molecule has 1 unspecified atom stereocenters. The van der Waals surface area contributed by atoms with Gasteiger partial charge in [0.15, 0.2) is 11.5 Å². The SMILES string of the molecule is COc1ccc(C(C(=O)NC2CCCCC2)N(C(=O)Cc2cccs2)c2cccc(C)c2)cc1OC. The van der Waals surface area contributed by atoms with Crippen LogP contribution in [0.4, 0.5) is 5.69 Å². The zero-order valence-corrected chi connectivity index (χ0v) is 22.0. The van der Waals surface area contributed by atoms with Gasteiger partial charge < -0.3 is 14.8 Å². The summed E-state index contributed by atoms with van der Waals surface area (Å²) in [5.74, 6) is 0.761. The first-order valence-corrected chi connectivity index (χ1v) is 13.3. The van der Waals surface area contributed by atoms with E-state index in [9.17, 15) is 9.59 Å². The lowest BCUT2D eigenvalue weighted by molar-refractivity contribution is -0.127. The van der Waals surface area contributed by atoms with Crippen LogP contribution in [0.3, 0.4) is 0 Å². The van der Waals surface area contributed by atoms with E-state index in [1.165, 1.54) is 17.8 Å². The topological polar surface area (TPSA) is 67.9 Å². The minimum Gasteiger partial charge on any atom is -0.493 e. The van der Waals surface area contributed by atoms with Crippen molar-refractivity contribution in [3.8, 4) is 11.5 Å². The van der Waals surface area contributed by atoms with Crippen molar-refractivity contribution in [2.45, 2.75) is 57.5 Å². The number of thiophene rings is 1. The molecule has 4 rings (SSSR count). The van der Waals surface area contributed by atoms with Crippen LogP contribution >= 0.6 is 11.3 Å². The number of rotatable bonds is 9. The molecule has 1 aliphatic carbocycles. The molecular weight excluding hydrogens is 472 g/mol. The van der Waals surface area contributed by atoms with Gasteiger partial charge in [-0.25, -0.2) is 0 Å². The molecule has 7 heteroatoms. The van der Waals surface area contributed by atoms with Crippen molar-refractivity contribution in [1.29, 1.82) is 0 Å². The molecule has 0 radical (unpaired) electrons. The Kier molecular flexibility index (Phi) is 8.65. The number of nitrogens with one attached hydrogen (secondary N) is 1. The van der Waals surface area contributed by atoms with Gasteiger partial charge in [-0.2, -0.15) is 0 Å². The summed E-state index contributed by atoms with van der Waals surface area (Å²) in [5, 5.41) is 5.22. The predicted molar refractivity (Wildman–Crippen MR) is 144 cm³/mol. The number of methoxy groups -OCH3 is 2. The zero-order chi connectivity index (χ0) is 25.5. The Morgan fingerprint density at radius 3 is 2.44 bits per heavy atom. The Balaban J connectivity index is 1.80. The highest BCUT2D eigenvalue weighted by Gasteiger charge is 2.35. The van der Waals surface area contributed by atoms with Gasteiger partial charge in [0.25, 0.3) is 0 Å². The Bertz CT molecular complexity index is 1170. The highest BCUT2D eigenvalue weighted by molar-refractivity contribution is 7.10. The third kappa shape index (κ3) is 6.08. The number of nitrogens with zero attached hydrogens (tertiary/aromatic N) is 1. The monoisotopic (exact) mass is 506 g/mol. The number of benzene rings is 2. The number of amides is 2. The molecule has 1 atom stereocenters. The fourth-order valence-electron chi connectivity index (χ4n) is 4.83. The molecule has 1 fully saturated rings. The molecule has 1 saturated carbocycles. The number of carbonyl (C=O) groups excluding carboxylic acids is 2.